The Morgan fingerprint density at radius 2 is 1.92 bits per heavy atom. The molecule has 1 unspecified atom stereocenters. The Kier molecular flexibility index (Phi) is 4.74. The first-order chi connectivity index (χ1) is 6.22. The van der Waals surface area contributed by atoms with E-state index in [1.54, 1.807) is 0 Å². The molecule has 1 aliphatic rings. The van der Waals surface area contributed by atoms with E-state index >= 15 is 0 Å². The maximum atomic E-state index is 5.86. The standard InChI is InChI=1S/C11H24N2/c1-3-9(2)13-8-10-4-6-11(12)7-5-10/h9-11,13H,3-8,12H2,1-2H3. The average Bonchev–Trinajstić information content (AvgIpc) is 2.16. The second-order valence-corrected chi connectivity index (χ2v) is 4.50. The van der Waals surface area contributed by atoms with Crippen LogP contribution in [0.4, 0.5) is 0 Å². The molecule has 1 aliphatic carbocycles. The molecule has 0 saturated heterocycles. The van der Waals surface area contributed by atoms with Crippen LogP contribution in [0.2, 0.25) is 0 Å². The van der Waals surface area contributed by atoms with Crippen molar-refractivity contribution in [3.63, 3.8) is 0 Å². The molecular weight excluding hydrogens is 160 g/mol. The minimum Gasteiger partial charge on any atom is -0.328 e. The van der Waals surface area contributed by atoms with Gasteiger partial charge in [-0.05, 0) is 51.5 Å². The Morgan fingerprint density at radius 1 is 1.31 bits per heavy atom. The van der Waals surface area contributed by atoms with Crippen molar-refractivity contribution in [1.29, 1.82) is 0 Å². The zero-order valence-electron chi connectivity index (χ0n) is 9.05. The van der Waals surface area contributed by atoms with E-state index in [1.165, 1.54) is 38.6 Å². The Balaban J connectivity index is 2.08. The number of hydrogen-bond acceptors (Lipinski definition) is 2. The van der Waals surface area contributed by atoms with E-state index in [2.05, 4.69) is 19.2 Å². The van der Waals surface area contributed by atoms with Gasteiger partial charge < -0.3 is 11.1 Å². The van der Waals surface area contributed by atoms with Gasteiger partial charge in [0.2, 0.25) is 0 Å². The Morgan fingerprint density at radius 3 is 2.46 bits per heavy atom. The lowest BCUT2D eigenvalue weighted by molar-refractivity contribution is 0.305. The van der Waals surface area contributed by atoms with Gasteiger partial charge in [-0.25, -0.2) is 0 Å². The lowest BCUT2D eigenvalue weighted by Crippen LogP contribution is -2.35. The molecule has 0 aromatic heterocycles. The third-order valence-electron chi connectivity index (χ3n) is 3.26. The molecule has 13 heavy (non-hydrogen) atoms. The van der Waals surface area contributed by atoms with Crippen molar-refractivity contribution >= 4 is 0 Å². The molecule has 3 N–H and O–H groups in total. The smallest absolute Gasteiger partial charge is 0.00390 e. The zero-order valence-corrected chi connectivity index (χ0v) is 9.05. The summed E-state index contributed by atoms with van der Waals surface area (Å²) >= 11 is 0. The van der Waals surface area contributed by atoms with Gasteiger partial charge in [0.1, 0.15) is 0 Å². The molecule has 0 heterocycles. The molecule has 0 aromatic carbocycles. The number of hydrogen-bond donors (Lipinski definition) is 2. The molecule has 2 nitrogen and oxygen atoms in total. The highest BCUT2D eigenvalue weighted by atomic mass is 14.9. The van der Waals surface area contributed by atoms with Gasteiger partial charge in [0.15, 0.2) is 0 Å². The molecule has 0 spiro atoms. The summed E-state index contributed by atoms with van der Waals surface area (Å²) in [4.78, 5) is 0. The molecule has 0 radical (unpaired) electrons. The topological polar surface area (TPSA) is 38.0 Å². The van der Waals surface area contributed by atoms with E-state index in [4.69, 9.17) is 5.73 Å². The highest BCUT2D eigenvalue weighted by Gasteiger charge is 2.18. The van der Waals surface area contributed by atoms with E-state index in [9.17, 15) is 0 Å². The monoisotopic (exact) mass is 184 g/mol. The Bertz CT molecular complexity index is 128. The molecule has 1 saturated carbocycles. The highest BCUT2D eigenvalue weighted by molar-refractivity contribution is 4.76. The number of nitrogens with two attached hydrogens (primary N) is 1. The predicted molar refractivity (Wildman–Crippen MR) is 57.7 cm³/mol. The van der Waals surface area contributed by atoms with Crippen LogP contribution in [-0.2, 0) is 0 Å². The first-order valence-electron chi connectivity index (χ1n) is 5.71. The molecular formula is C11H24N2. The number of rotatable bonds is 4. The Labute approximate surface area is 82.3 Å². The molecule has 0 aliphatic heterocycles. The molecule has 0 amide bonds. The zero-order chi connectivity index (χ0) is 9.68. The summed E-state index contributed by atoms with van der Waals surface area (Å²) in [5.74, 6) is 0.883. The molecule has 1 fully saturated rings. The van der Waals surface area contributed by atoms with Crippen molar-refractivity contribution < 1.29 is 0 Å². The minimum atomic E-state index is 0.486. The van der Waals surface area contributed by atoms with Crippen LogP contribution in [0.25, 0.3) is 0 Å². The number of nitrogens with one attached hydrogen (secondary N) is 1. The van der Waals surface area contributed by atoms with Gasteiger partial charge >= 0.3 is 0 Å². The molecule has 0 bridgehead atoms. The highest BCUT2D eigenvalue weighted by Crippen LogP contribution is 2.22. The van der Waals surface area contributed by atoms with Gasteiger partial charge in [0, 0.05) is 12.1 Å². The van der Waals surface area contributed by atoms with Crippen LogP contribution in [0.5, 0.6) is 0 Å². The summed E-state index contributed by atoms with van der Waals surface area (Å²) in [5.41, 5.74) is 5.86. The van der Waals surface area contributed by atoms with Crippen LogP contribution in [-0.4, -0.2) is 18.6 Å². The van der Waals surface area contributed by atoms with Gasteiger partial charge in [0.25, 0.3) is 0 Å². The summed E-state index contributed by atoms with van der Waals surface area (Å²) in [5, 5.41) is 3.58. The second-order valence-electron chi connectivity index (χ2n) is 4.50. The fourth-order valence-corrected chi connectivity index (χ4v) is 1.90. The normalized spacial score (nSPS) is 31.6. The second kappa shape index (κ2) is 5.61. The average molecular weight is 184 g/mol. The molecule has 0 aromatic rings. The lowest BCUT2D eigenvalue weighted by atomic mass is 9.86. The van der Waals surface area contributed by atoms with Crippen molar-refractivity contribution in [2.24, 2.45) is 11.7 Å². The first kappa shape index (κ1) is 11.0. The van der Waals surface area contributed by atoms with Crippen LogP contribution in [0.15, 0.2) is 0 Å². The maximum absolute atomic E-state index is 5.86. The van der Waals surface area contributed by atoms with Gasteiger partial charge in [-0.15, -0.1) is 0 Å². The first-order valence-corrected chi connectivity index (χ1v) is 5.71. The van der Waals surface area contributed by atoms with E-state index in [0.717, 1.165) is 5.92 Å². The summed E-state index contributed by atoms with van der Waals surface area (Å²) in [6, 6.07) is 1.16. The summed E-state index contributed by atoms with van der Waals surface area (Å²) in [6.07, 6.45) is 6.33. The molecule has 78 valence electrons. The van der Waals surface area contributed by atoms with E-state index < -0.39 is 0 Å². The van der Waals surface area contributed by atoms with Crippen molar-refractivity contribution in [3.05, 3.63) is 0 Å². The van der Waals surface area contributed by atoms with Crippen molar-refractivity contribution in [1.82, 2.24) is 5.32 Å². The SMILES string of the molecule is CCC(C)NCC1CCC(N)CC1. The maximum Gasteiger partial charge on any atom is 0.00390 e. The fourth-order valence-electron chi connectivity index (χ4n) is 1.90. The van der Waals surface area contributed by atoms with E-state index in [0.29, 0.717) is 12.1 Å². The third-order valence-corrected chi connectivity index (χ3v) is 3.26. The molecule has 1 rings (SSSR count). The minimum absolute atomic E-state index is 0.486. The van der Waals surface area contributed by atoms with Gasteiger partial charge in [0.05, 0.1) is 0 Å². The Hall–Kier alpha value is -0.0800. The predicted octanol–water partition coefficient (Wildman–Crippen LogP) is 1.89. The van der Waals surface area contributed by atoms with Crippen LogP contribution in [0, 0.1) is 5.92 Å². The summed E-state index contributed by atoms with van der Waals surface area (Å²) < 4.78 is 0. The summed E-state index contributed by atoms with van der Waals surface area (Å²) in [7, 11) is 0. The van der Waals surface area contributed by atoms with E-state index in [-0.39, 0.29) is 0 Å². The lowest BCUT2D eigenvalue weighted by Gasteiger charge is -2.27. The molecule has 2 heteroatoms. The fraction of sp³-hybridized carbons (Fsp3) is 1.00. The van der Waals surface area contributed by atoms with Gasteiger partial charge in [-0.1, -0.05) is 6.92 Å². The van der Waals surface area contributed by atoms with Crippen LogP contribution in [0.3, 0.4) is 0 Å². The summed E-state index contributed by atoms with van der Waals surface area (Å²) in [6.45, 7) is 5.69. The molecule has 1 atom stereocenters. The van der Waals surface area contributed by atoms with Gasteiger partial charge in [-0.2, -0.15) is 0 Å². The van der Waals surface area contributed by atoms with E-state index in [1.807, 2.05) is 0 Å². The van der Waals surface area contributed by atoms with Crippen LogP contribution < -0.4 is 11.1 Å². The largest absolute Gasteiger partial charge is 0.328 e. The van der Waals surface area contributed by atoms with Crippen LogP contribution >= 0.6 is 0 Å². The van der Waals surface area contributed by atoms with Crippen molar-refractivity contribution in [2.45, 2.75) is 58.0 Å². The van der Waals surface area contributed by atoms with Crippen molar-refractivity contribution in [2.75, 3.05) is 6.54 Å². The third kappa shape index (κ3) is 4.10. The van der Waals surface area contributed by atoms with Gasteiger partial charge in [-0.3, -0.25) is 0 Å². The van der Waals surface area contributed by atoms with Crippen molar-refractivity contribution in [3.8, 4) is 0 Å². The quantitative estimate of drug-likeness (QED) is 0.700. The van der Waals surface area contributed by atoms with Crippen LogP contribution in [0.1, 0.15) is 46.0 Å².